The molecule has 5 heteroatoms. The molecular formula is C13H20N2O2S. The van der Waals surface area contributed by atoms with Crippen molar-refractivity contribution in [3.05, 3.63) is 18.2 Å². The summed E-state index contributed by atoms with van der Waals surface area (Å²) < 4.78 is 16.8. The molecule has 0 bridgehead atoms. The molecule has 0 saturated carbocycles. The Kier molecular flexibility index (Phi) is 4.47. The quantitative estimate of drug-likeness (QED) is 0.820. The molecule has 1 fully saturated rings. The standard InChI is InChI=1S/C13H20N2O2S/c1-2-17-12-5-3-4-11(13(12)14)15-10-6-8-18(16)9-7-10/h3-5,10,15H,2,6-9,14H2,1H3. The van der Waals surface area contributed by atoms with Gasteiger partial charge in [-0.2, -0.15) is 0 Å². The van der Waals surface area contributed by atoms with Gasteiger partial charge in [0, 0.05) is 28.3 Å². The van der Waals surface area contributed by atoms with Gasteiger partial charge in [0.25, 0.3) is 0 Å². The molecule has 100 valence electrons. The monoisotopic (exact) mass is 268 g/mol. The van der Waals surface area contributed by atoms with E-state index in [-0.39, 0.29) is 0 Å². The largest absolute Gasteiger partial charge is 0.492 e. The van der Waals surface area contributed by atoms with E-state index in [0.717, 1.165) is 35.8 Å². The van der Waals surface area contributed by atoms with Crippen LogP contribution in [0.25, 0.3) is 0 Å². The topological polar surface area (TPSA) is 64.3 Å². The second-order valence-corrected chi connectivity index (χ2v) is 6.11. The van der Waals surface area contributed by atoms with Gasteiger partial charge in [-0.3, -0.25) is 4.21 Å². The third-order valence-electron chi connectivity index (χ3n) is 3.11. The number of nitrogens with one attached hydrogen (secondary N) is 1. The molecule has 0 spiro atoms. The van der Waals surface area contributed by atoms with Gasteiger partial charge >= 0.3 is 0 Å². The van der Waals surface area contributed by atoms with E-state index in [1.165, 1.54) is 0 Å². The van der Waals surface area contributed by atoms with E-state index in [4.69, 9.17) is 10.5 Å². The highest BCUT2D eigenvalue weighted by Gasteiger charge is 2.18. The van der Waals surface area contributed by atoms with Gasteiger partial charge in [0.2, 0.25) is 0 Å². The van der Waals surface area contributed by atoms with E-state index in [1.807, 2.05) is 25.1 Å². The Morgan fingerprint density at radius 1 is 1.44 bits per heavy atom. The summed E-state index contributed by atoms with van der Waals surface area (Å²) in [6, 6.07) is 6.13. The first-order valence-electron chi connectivity index (χ1n) is 6.33. The van der Waals surface area contributed by atoms with Crippen molar-refractivity contribution < 1.29 is 8.95 Å². The molecule has 18 heavy (non-hydrogen) atoms. The fraction of sp³-hybridized carbons (Fsp3) is 0.538. The highest BCUT2D eigenvalue weighted by Crippen LogP contribution is 2.30. The van der Waals surface area contributed by atoms with Crippen LogP contribution in [0.3, 0.4) is 0 Å². The number of nitrogen functional groups attached to an aromatic ring is 1. The summed E-state index contributed by atoms with van der Waals surface area (Å²) in [5.74, 6) is 2.28. The predicted molar refractivity (Wildman–Crippen MR) is 76.5 cm³/mol. The molecule has 1 aliphatic rings. The minimum absolute atomic E-state index is 0.363. The maximum absolute atomic E-state index is 11.3. The van der Waals surface area contributed by atoms with Gasteiger partial charge in [-0.25, -0.2) is 0 Å². The molecule has 0 atom stereocenters. The summed E-state index contributed by atoms with van der Waals surface area (Å²) in [4.78, 5) is 0. The predicted octanol–water partition coefficient (Wildman–Crippen LogP) is 1.99. The molecule has 1 heterocycles. The first-order chi connectivity index (χ1) is 8.70. The van der Waals surface area contributed by atoms with Crippen LogP contribution in [0.4, 0.5) is 11.4 Å². The molecule has 0 amide bonds. The lowest BCUT2D eigenvalue weighted by atomic mass is 10.1. The summed E-state index contributed by atoms with van der Waals surface area (Å²) in [7, 11) is -0.628. The summed E-state index contributed by atoms with van der Waals surface area (Å²) in [6.07, 6.45) is 1.87. The summed E-state index contributed by atoms with van der Waals surface area (Å²) >= 11 is 0. The van der Waals surface area contributed by atoms with Crippen molar-refractivity contribution in [2.75, 3.05) is 29.2 Å². The number of benzene rings is 1. The lowest BCUT2D eigenvalue weighted by Gasteiger charge is -2.24. The Morgan fingerprint density at radius 3 is 2.83 bits per heavy atom. The lowest BCUT2D eigenvalue weighted by molar-refractivity contribution is 0.342. The van der Waals surface area contributed by atoms with E-state index >= 15 is 0 Å². The lowest BCUT2D eigenvalue weighted by Crippen LogP contribution is -2.29. The molecule has 1 saturated heterocycles. The van der Waals surface area contributed by atoms with Crippen molar-refractivity contribution in [3.8, 4) is 5.75 Å². The number of anilines is 2. The Balaban J connectivity index is 2.04. The molecule has 0 radical (unpaired) electrons. The van der Waals surface area contributed by atoms with Gasteiger partial charge in [-0.15, -0.1) is 0 Å². The van der Waals surface area contributed by atoms with Crippen LogP contribution in [0.2, 0.25) is 0 Å². The van der Waals surface area contributed by atoms with E-state index in [1.54, 1.807) is 0 Å². The van der Waals surface area contributed by atoms with Crippen LogP contribution in [0.5, 0.6) is 5.75 Å². The van der Waals surface area contributed by atoms with E-state index in [0.29, 0.717) is 18.3 Å². The highest BCUT2D eigenvalue weighted by atomic mass is 32.2. The van der Waals surface area contributed by atoms with Crippen molar-refractivity contribution in [1.29, 1.82) is 0 Å². The van der Waals surface area contributed by atoms with Crippen LogP contribution >= 0.6 is 0 Å². The average Bonchev–Trinajstić information content (AvgIpc) is 2.37. The molecule has 0 aliphatic carbocycles. The molecule has 2 rings (SSSR count). The average molecular weight is 268 g/mol. The first kappa shape index (κ1) is 13.2. The minimum atomic E-state index is -0.628. The number of ether oxygens (including phenoxy) is 1. The van der Waals surface area contributed by atoms with Crippen LogP contribution in [0.1, 0.15) is 19.8 Å². The second kappa shape index (κ2) is 6.09. The van der Waals surface area contributed by atoms with Crippen LogP contribution < -0.4 is 15.8 Å². The number of nitrogens with two attached hydrogens (primary N) is 1. The van der Waals surface area contributed by atoms with Gasteiger partial charge in [0.05, 0.1) is 18.0 Å². The summed E-state index contributed by atoms with van der Waals surface area (Å²) in [5, 5.41) is 3.43. The van der Waals surface area contributed by atoms with Gasteiger partial charge in [0.15, 0.2) is 0 Å². The molecular weight excluding hydrogens is 248 g/mol. The zero-order valence-electron chi connectivity index (χ0n) is 10.6. The Morgan fingerprint density at radius 2 is 2.17 bits per heavy atom. The van der Waals surface area contributed by atoms with Crippen LogP contribution in [-0.4, -0.2) is 28.4 Å². The fourth-order valence-corrected chi connectivity index (χ4v) is 3.41. The molecule has 3 N–H and O–H groups in total. The Labute approximate surface area is 110 Å². The molecule has 1 aliphatic heterocycles. The van der Waals surface area contributed by atoms with Crippen LogP contribution in [0, 0.1) is 0 Å². The number of rotatable bonds is 4. The van der Waals surface area contributed by atoms with E-state index in [2.05, 4.69) is 5.32 Å². The zero-order valence-corrected chi connectivity index (χ0v) is 11.5. The molecule has 1 aromatic rings. The summed E-state index contributed by atoms with van der Waals surface area (Å²) in [6.45, 7) is 2.55. The van der Waals surface area contributed by atoms with Gasteiger partial charge < -0.3 is 15.8 Å². The van der Waals surface area contributed by atoms with Crippen molar-refractivity contribution in [3.63, 3.8) is 0 Å². The molecule has 0 unspecified atom stereocenters. The maximum atomic E-state index is 11.3. The third-order valence-corrected chi connectivity index (χ3v) is 4.50. The zero-order chi connectivity index (χ0) is 13.0. The number of para-hydroxylation sites is 1. The smallest absolute Gasteiger partial charge is 0.144 e. The molecule has 1 aromatic carbocycles. The van der Waals surface area contributed by atoms with Crippen molar-refractivity contribution in [2.45, 2.75) is 25.8 Å². The van der Waals surface area contributed by atoms with E-state index < -0.39 is 10.8 Å². The second-order valence-electron chi connectivity index (χ2n) is 4.42. The van der Waals surface area contributed by atoms with Gasteiger partial charge in [-0.05, 0) is 31.9 Å². The fourth-order valence-electron chi connectivity index (χ4n) is 2.11. The normalized spacial score (nSPS) is 23.6. The van der Waals surface area contributed by atoms with Crippen molar-refractivity contribution in [2.24, 2.45) is 0 Å². The summed E-state index contributed by atoms with van der Waals surface area (Å²) in [5.41, 5.74) is 7.64. The van der Waals surface area contributed by atoms with Crippen molar-refractivity contribution in [1.82, 2.24) is 0 Å². The van der Waals surface area contributed by atoms with E-state index in [9.17, 15) is 4.21 Å². The van der Waals surface area contributed by atoms with Crippen LogP contribution in [0.15, 0.2) is 18.2 Å². The van der Waals surface area contributed by atoms with Gasteiger partial charge in [0.1, 0.15) is 5.75 Å². The third kappa shape index (κ3) is 3.16. The maximum Gasteiger partial charge on any atom is 0.144 e. The van der Waals surface area contributed by atoms with Crippen molar-refractivity contribution >= 4 is 22.2 Å². The minimum Gasteiger partial charge on any atom is -0.492 e. The SMILES string of the molecule is CCOc1cccc(NC2CCS(=O)CC2)c1N. The number of hydrogen-bond acceptors (Lipinski definition) is 4. The van der Waals surface area contributed by atoms with Gasteiger partial charge in [-0.1, -0.05) is 6.07 Å². The molecule has 4 nitrogen and oxygen atoms in total. The first-order valence-corrected chi connectivity index (χ1v) is 7.82. The Hall–Kier alpha value is -1.23. The highest BCUT2D eigenvalue weighted by molar-refractivity contribution is 7.85. The molecule has 0 aromatic heterocycles. The Bertz CT molecular complexity index is 427. The van der Waals surface area contributed by atoms with Crippen LogP contribution in [-0.2, 0) is 10.8 Å². The number of hydrogen-bond donors (Lipinski definition) is 2.